The summed E-state index contributed by atoms with van der Waals surface area (Å²) in [6, 6.07) is -0.253. The minimum Gasteiger partial charge on any atom is -0.361 e. The molecule has 1 atom stereocenters. The van der Waals surface area contributed by atoms with Crippen LogP contribution in [0, 0.1) is 13.8 Å². The van der Waals surface area contributed by atoms with Crippen molar-refractivity contribution in [2.24, 2.45) is 0 Å². The summed E-state index contributed by atoms with van der Waals surface area (Å²) in [6.45, 7) is 12.0. The van der Waals surface area contributed by atoms with Gasteiger partial charge in [0.15, 0.2) is 0 Å². The number of anilines is 1. The first kappa shape index (κ1) is 17.5. The zero-order chi connectivity index (χ0) is 17.2. The van der Waals surface area contributed by atoms with E-state index in [2.05, 4.69) is 41.5 Å². The molecule has 0 saturated heterocycles. The van der Waals surface area contributed by atoms with Crippen molar-refractivity contribution in [1.29, 1.82) is 0 Å². The molecule has 0 aromatic carbocycles. The molecule has 2 aromatic heterocycles. The molecule has 2 amide bonds. The fourth-order valence-corrected chi connectivity index (χ4v) is 3.27. The number of nitrogens with one attached hydrogen (secondary N) is 2. The summed E-state index contributed by atoms with van der Waals surface area (Å²) >= 11 is 1.43. The molecule has 2 N–H and O–H groups in total. The van der Waals surface area contributed by atoms with Crippen molar-refractivity contribution in [2.45, 2.75) is 59.4 Å². The summed E-state index contributed by atoms with van der Waals surface area (Å²) in [7, 11) is 0. The van der Waals surface area contributed by atoms with Crippen LogP contribution in [0.25, 0.3) is 0 Å². The second kappa shape index (κ2) is 6.70. The standard InChI is InChI=1S/C16H24N4O2S/c1-9(7-12-10(2)20-22-11(12)3)18-15(21)19-14-13(16(4,5)6)17-8-23-14/h8-9H,7H2,1-6H3,(H2,18,19,21)/t9-/m1/s1. The summed E-state index contributed by atoms with van der Waals surface area (Å²) in [4.78, 5) is 16.6. The predicted octanol–water partition coefficient (Wildman–Crippen LogP) is 3.80. The third-order valence-corrected chi connectivity index (χ3v) is 4.32. The highest BCUT2D eigenvalue weighted by molar-refractivity contribution is 7.14. The van der Waals surface area contributed by atoms with Crippen LogP contribution in [0.4, 0.5) is 9.80 Å². The monoisotopic (exact) mass is 336 g/mol. The third-order valence-electron chi connectivity index (χ3n) is 3.57. The number of rotatable bonds is 4. The molecule has 0 spiro atoms. The van der Waals surface area contributed by atoms with Gasteiger partial charge in [0.05, 0.1) is 16.9 Å². The summed E-state index contributed by atoms with van der Waals surface area (Å²) in [5.41, 5.74) is 4.46. The molecule has 6 nitrogen and oxygen atoms in total. The fourth-order valence-electron chi connectivity index (χ4n) is 2.38. The quantitative estimate of drug-likeness (QED) is 0.890. The van der Waals surface area contributed by atoms with Crippen LogP contribution in [0.5, 0.6) is 0 Å². The van der Waals surface area contributed by atoms with Gasteiger partial charge in [-0.15, -0.1) is 11.3 Å². The van der Waals surface area contributed by atoms with Crippen molar-refractivity contribution in [3.63, 3.8) is 0 Å². The van der Waals surface area contributed by atoms with Gasteiger partial charge in [0.2, 0.25) is 0 Å². The number of hydrogen-bond acceptors (Lipinski definition) is 5. The van der Waals surface area contributed by atoms with E-state index in [0.717, 1.165) is 27.7 Å². The molecule has 2 aromatic rings. The van der Waals surface area contributed by atoms with Crippen LogP contribution in [-0.2, 0) is 11.8 Å². The molecule has 0 bridgehead atoms. The van der Waals surface area contributed by atoms with E-state index in [4.69, 9.17) is 4.52 Å². The maximum absolute atomic E-state index is 12.2. The summed E-state index contributed by atoms with van der Waals surface area (Å²) in [5.74, 6) is 0.800. The van der Waals surface area contributed by atoms with Crippen LogP contribution in [-0.4, -0.2) is 22.2 Å². The molecule has 23 heavy (non-hydrogen) atoms. The van der Waals surface area contributed by atoms with E-state index in [9.17, 15) is 4.79 Å². The van der Waals surface area contributed by atoms with Gasteiger partial charge in [0, 0.05) is 17.0 Å². The van der Waals surface area contributed by atoms with Crippen LogP contribution in [0.1, 0.15) is 50.4 Å². The van der Waals surface area contributed by atoms with E-state index in [1.54, 1.807) is 5.51 Å². The molecule has 0 saturated carbocycles. The van der Waals surface area contributed by atoms with E-state index in [1.807, 2.05) is 20.8 Å². The van der Waals surface area contributed by atoms with E-state index < -0.39 is 0 Å². The van der Waals surface area contributed by atoms with Gasteiger partial charge in [-0.25, -0.2) is 9.78 Å². The molecule has 0 radical (unpaired) electrons. The molecule has 2 rings (SSSR count). The van der Waals surface area contributed by atoms with Crippen molar-refractivity contribution in [2.75, 3.05) is 5.32 Å². The SMILES string of the molecule is Cc1noc(C)c1C[C@@H](C)NC(=O)Nc1scnc1C(C)(C)C. The fraction of sp³-hybridized carbons (Fsp3) is 0.562. The Morgan fingerprint density at radius 3 is 2.65 bits per heavy atom. The number of hydrogen-bond donors (Lipinski definition) is 2. The minimum absolute atomic E-state index is 0.0298. The van der Waals surface area contributed by atoms with Crippen molar-refractivity contribution in [1.82, 2.24) is 15.5 Å². The molecule has 0 unspecified atom stereocenters. The molecule has 0 aliphatic carbocycles. The first-order valence-electron chi connectivity index (χ1n) is 7.61. The number of nitrogens with zero attached hydrogens (tertiary/aromatic N) is 2. The first-order chi connectivity index (χ1) is 10.7. The van der Waals surface area contributed by atoms with Crippen molar-refractivity contribution in [3.8, 4) is 0 Å². The Labute approximate surface area is 140 Å². The van der Waals surface area contributed by atoms with Crippen LogP contribution < -0.4 is 10.6 Å². The van der Waals surface area contributed by atoms with Crippen LogP contribution in [0.15, 0.2) is 10.0 Å². The van der Waals surface area contributed by atoms with Gasteiger partial charge >= 0.3 is 6.03 Å². The summed E-state index contributed by atoms with van der Waals surface area (Å²) in [5, 5.41) is 10.6. The van der Waals surface area contributed by atoms with Crippen molar-refractivity contribution in [3.05, 3.63) is 28.2 Å². The third kappa shape index (κ3) is 4.31. The highest BCUT2D eigenvalue weighted by atomic mass is 32.1. The average Bonchev–Trinajstić information content (AvgIpc) is 3.00. The maximum atomic E-state index is 12.2. The summed E-state index contributed by atoms with van der Waals surface area (Å²) < 4.78 is 5.15. The molecule has 7 heteroatoms. The Morgan fingerprint density at radius 2 is 2.09 bits per heavy atom. The van der Waals surface area contributed by atoms with E-state index >= 15 is 0 Å². The number of urea groups is 1. The average molecular weight is 336 g/mol. The number of carbonyl (C=O) groups excluding carboxylic acids is 1. The smallest absolute Gasteiger partial charge is 0.320 e. The van der Waals surface area contributed by atoms with Gasteiger partial charge in [0.1, 0.15) is 10.8 Å². The second-order valence-electron chi connectivity index (χ2n) is 6.79. The maximum Gasteiger partial charge on any atom is 0.320 e. The second-order valence-corrected chi connectivity index (χ2v) is 7.64. The lowest BCUT2D eigenvalue weighted by Crippen LogP contribution is -2.37. The van der Waals surface area contributed by atoms with Crippen LogP contribution >= 0.6 is 11.3 Å². The summed E-state index contributed by atoms with van der Waals surface area (Å²) in [6.07, 6.45) is 0.684. The first-order valence-corrected chi connectivity index (χ1v) is 8.49. The van der Waals surface area contributed by atoms with Crippen LogP contribution in [0.2, 0.25) is 0 Å². The van der Waals surface area contributed by atoms with Gasteiger partial charge in [-0.1, -0.05) is 25.9 Å². The van der Waals surface area contributed by atoms with Gasteiger partial charge in [-0.3, -0.25) is 5.32 Å². The number of carbonyl (C=O) groups is 1. The highest BCUT2D eigenvalue weighted by Gasteiger charge is 2.22. The van der Waals surface area contributed by atoms with Gasteiger partial charge < -0.3 is 9.84 Å². The topological polar surface area (TPSA) is 80.0 Å². The minimum atomic E-state index is -0.223. The highest BCUT2D eigenvalue weighted by Crippen LogP contribution is 2.31. The largest absolute Gasteiger partial charge is 0.361 e. The molecule has 126 valence electrons. The normalized spacial score (nSPS) is 13.0. The zero-order valence-electron chi connectivity index (χ0n) is 14.5. The molecule has 0 aliphatic heterocycles. The van der Waals surface area contributed by atoms with E-state index in [1.165, 1.54) is 11.3 Å². The zero-order valence-corrected chi connectivity index (χ0v) is 15.3. The molecular weight excluding hydrogens is 312 g/mol. The van der Waals surface area contributed by atoms with E-state index in [0.29, 0.717) is 6.42 Å². The number of amides is 2. The molecular formula is C16H24N4O2S. The number of aryl methyl sites for hydroxylation is 2. The lowest BCUT2D eigenvalue weighted by atomic mass is 9.92. The lowest BCUT2D eigenvalue weighted by molar-refractivity contribution is 0.249. The van der Waals surface area contributed by atoms with Gasteiger partial charge in [-0.05, 0) is 27.2 Å². The Morgan fingerprint density at radius 1 is 1.39 bits per heavy atom. The van der Waals surface area contributed by atoms with Crippen molar-refractivity contribution >= 4 is 22.4 Å². The Hall–Kier alpha value is -1.89. The van der Waals surface area contributed by atoms with Gasteiger partial charge in [-0.2, -0.15) is 0 Å². The molecule has 2 heterocycles. The Balaban J connectivity index is 1.96. The Kier molecular flexibility index (Phi) is 5.09. The molecule has 0 fully saturated rings. The van der Waals surface area contributed by atoms with Gasteiger partial charge in [0.25, 0.3) is 0 Å². The van der Waals surface area contributed by atoms with E-state index in [-0.39, 0.29) is 17.5 Å². The van der Waals surface area contributed by atoms with Crippen LogP contribution in [0.3, 0.4) is 0 Å². The predicted molar refractivity (Wildman–Crippen MR) is 92.1 cm³/mol. The molecule has 0 aliphatic rings. The lowest BCUT2D eigenvalue weighted by Gasteiger charge is -2.19. The van der Waals surface area contributed by atoms with Crippen molar-refractivity contribution < 1.29 is 9.32 Å². The number of thiazole rings is 1. The number of aromatic nitrogens is 2. The Bertz CT molecular complexity index is 665.